The van der Waals surface area contributed by atoms with Crippen LogP contribution in [-0.2, 0) is 14.2 Å². The predicted molar refractivity (Wildman–Crippen MR) is 46.3 cm³/mol. The van der Waals surface area contributed by atoms with E-state index in [9.17, 15) is 26.3 Å². The third-order valence-corrected chi connectivity index (χ3v) is 2.04. The van der Waals surface area contributed by atoms with Gasteiger partial charge in [-0.25, -0.2) is 0 Å². The zero-order chi connectivity index (χ0) is 14.0. The van der Waals surface area contributed by atoms with Crippen LogP contribution in [0.3, 0.4) is 0 Å². The molecule has 18 heavy (non-hydrogen) atoms. The highest BCUT2D eigenvalue weighted by Gasteiger charge is 2.42. The highest BCUT2D eigenvalue weighted by Crippen LogP contribution is 2.32. The highest BCUT2D eigenvalue weighted by atomic mass is 19.4. The molecule has 0 bridgehead atoms. The molecule has 1 fully saturated rings. The average Bonchev–Trinajstić information content (AvgIpc) is 2.11. The van der Waals surface area contributed by atoms with E-state index in [-0.39, 0.29) is 6.42 Å². The molecule has 0 aliphatic carbocycles. The number of alkyl halides is 6. The summed E-state index contributed by atoms with van der Waals surface area (Å²) in [6.45, 7) is 1.52. The standard InChI is InChI=1S/C9H12F6O3/c1-2-5-16-6(3-8(10,11)12)18-7(17-5)4-9(13,14)15/h5-7H,2-4H2,1H3. The maximum absolute atomic E-state index is 12.1. The first-order valence-corrected chi connectivity index (χ1v) is 5.19. The molecule has 0 aromatic rings. The van der Waals surface area contributed by atoms with E-state index >= 15 is 0 Å². The van der Waals surface area contributed by atoms with Gasteiger partial charge < -0.3 is 14.2 Å². The third-order valence-electron chi connectivity index (χ3n) is 2.04. The molecule has 0 spiro atoms. The fourth-order valence-electron chi connectivity index (χ4n) is 1.37. The topological polar surface area (TPSA) is 27.7 Å². The van der Waals surface area contributed by atoms with Gasteiger partial charge in [0.15, 0.2) is 18.9 Å². The lowest BCUT2D eigenvalue weighted by Crippen LogP contribution is -2.43. The van der Waals surface area contributed by atoms with Gasteiger partial charge in [0.25, 0.3) is 0 Å². The van der Waals surface area contributed by atoms with E-state index in [0.717, 1.165) is 0 Å². The average molecular weight is 282 g/mol. The molecule has 0 aromatic heterocycles. The summed E-state index contributed by atoms with van der Waals surface area (Å²) in [7, 11) is 0. The zero-order valence-corrected chi connectivity index (χ0v) is 9.35. The van der Waals surface area contributed by atoms with Gasteiger partial charge in [-0.2, -0.15) is 26.3 Å². The van der Waals surface area contributed by atoms with Gasteiger partial charge in [0.2, 0.25) is 0 Å². The van der Waals surface area contributed by atoms with Crippen LogP contribution in [0.4, 0.5) is 26.3 Å². The molecule has 0 aromatic carbocycles. The van der Waals surface area contributed by atoms with Crippen molar-refractivity contribution in [1.29, 1.82) is 0 Å². The minimum atomic E-state index is -4.58. The van der Waals surface area contributed by atoms with Crippen LogP contribution in [0.15, 0.2) is 0 Å². The fraction of sp³-hybridized carbons (Fsp3) is 1.00. The summed E-state index contributed by atoms with van der Waals surface area (Å²) in [5, 5.41) is 0. The summed E-state index contributed by atoms with van der Waals surface area (Å²) in [4.78, 5) is 0. The molecular weight excluding hydrogens is 270 g/mol. The summed E-state index contributed by atoms with van der Waals surface area (Å²) in [6, 6.07) is 0. The van der Waals surface area contributed by atoms with Crippen molar-refractivity contribution in [3.63, 3.8) is 0 Å². The van der Waals surface area contributed by atoms with Crippen molar-refractivity contribution in [1.82, 2.24) is 0 Å². The zero-order valence-electron chi connectivity index (χ0n) is 9.35. The maximum atomic E-state index is 12.1. The van der Waals surface area contributed by atoms with Crippen molar-refractivity contribution < 1.29 is 40.6 Å². The van der Waals surface area contributed by atoms with Gasteiger partial charge >= 0.3 is 12.4 Å². The summed E-state index contributed by atoms with van der Waals surface area (Å²) in [5.74, 6) is 0. The van der Waals surface area contributed by atoms with E-state index < -0.39 is 44.1 Å². The number of hydrogen-bond donors (Lipinski definition) is 0. The molecule has 0 saturated carbocycles. The van der Waals surface area contributed by atoms with Gasteiger partial charge in [-0.05, 0) is 6.42 Å². The normalized spacial score (nSPS) is 30.5. The van der Waals surface area contributed by atoms with E-state index in [1.807, 2.05) is 0 Å². The summed E-state index contributed by atoms with van der Waals surface area (Å²) >= 11 is 0. The van der Waals surface area contributed by atoms with Gasteiger partial charge in [0.1, 0.15) is 0 Å². The Labute approximate surface area is 99.0 Å². The Bertz CT molecular complexity index is 240. The van der Waals surface area contributed by atoms with Crippen LogP contribution < -0.4 is 0 Å². The monoisotopic (exact) mass is 282 g/mol. The smallest absolute Gasteiger partial charge is 0.323 e. The second-order valence-corrected chi connectivity index (χ2v) is 3.74. The van der Waals surface area contributed by atoms with Crippen LogP contribution in [0.25, 0.3) is 0 Å². The second kappa shape index (κ2) is 5.62. The first-order valence-electron chi connectivity index (χ1n) is 5.19. The second-order valence-electron chi connectivity index (χ2n) is 3.74. The number of ether oxygens (including phenoxy) is 3. The lowest BCUT2D eigenvalue weighted by molar-refractivity contribution is -0.405. The molecule has 1 rings (SSSR count). The van der Waals surface area contributed by atoms with E-state index in [1.165, 1.54) is 6.92 Å². The van der Waals surface area contributed by atoms with Crippen molar-refractivity contribution in [3.8, 4) is 0 Å². The Kier molecular flexibility index (Phi) is 4.84. The van der Waals surface area contributed by atoms with E-state index in [0.29, 0.717) is 0 Å². The molecule has 2 atom stereocenters. The SMILES string of the molecule is CCC1OC(CC(F)(F)F)OC(CC(F)(F)F)O1. The molecule has 9 heteroatoms. The molecule has 0 radical (unpaired) electrons. The Morgan fingerprint density at radius 3 is 1.33 bits per heavy atom. The molecular formula is C9H12F6O3. The predicted octanol–water partition coefficient (Wildman–Crippen LogP) is 3.34. The molecule has 0 N–H and O–H groups in total. The van der Waals surface area contributed by atoms with Gasteiger partial charge in [-0.3, -0.25) is 0 Å². The minimum Gasteiger partial charge on any atom is -0.323 e. The van der Waals surface area contributed by atoms with E-state index in [1.54, 1.807) is 0 Å². The van der Waals surface area contributed by atoms with Crippen LogP contribution in [0.1, 0.15) is 26.2 Å². The lowest BCUT2D eigenvalue weighted by atomic mass is 10.3. The molecule has 1 heterocycles. The van der Waals surface area contributed by atoms with Gasteiger partial charge in [0.05, 0.1) is 12.8 Å². The number of hydrogen-bond acceptors (Lipinski definition) is 3. The summed E-state index contributed by atoms with van der Waals surface area (Å²) in [6.07, 6.45) is -16.6. The molecule has 2 unspecified atom stereocenters. The van der Waals surface area contributed by atoms with Crippen molar-refractivity contribution >= 4 is 0 Å². The quantitative estimate of drug-likeness (QED) is 0.743. The van der Waals surface area contributed by atoms with Crippen LogP contribution in [0.2, 0.25) is 0 Å². The van der Waals surface area contributed by atoms with Crippen LogP contribution in [0, 0.1) is 0 Å². The Hall–Kier alpha value is -0.540. The number of rotatable bonds is 3. The molecule has 1 aliphatic rings. The molecule has 3 nitrogen and oxygen atoms in total. The third kappa shape index (κ3) is 5.87. The van der Waals surface area contributed by atoms with Crippen molar-refractivity contribution in [3.05, 3.63) is 0 Å². The van der Waals surface area contributed by atoms with Crippen molar-refractivity contribution in [2.75, 3.05) is 0 Å². The van der Waals surface area contributed by atoms with Crippen LogP contribution in [0.5, 0.6) is 0 Å². The first kappa shape index (κ1) is 15.5. The molecule has 1 aliphatic heterocycles. The largest absolute Gasteiger partial charge is 0.393 e. The molecule has 1 saturated heterocycles. The van der Waals surface area contributed by atoms with Gasteiger partial charge in [-0.1, -0.05) is 6.92 Å². The van der Waals surface area contributed by atoms with Gasteiger partial charge in [-0.15, -0.1) is 0 Å². The molecule has 108 valence electrons. The Balaban J connectivity index is 2.60. The maximum Gasteiger partial charge on any atom is 0.393 e. The minimum absolute atomic E-state index is 0.131. The Morgan fingerprint density at radius 2 is 1.06 bits per heavy atom. The van der Waals surface area contributed by atoms with Gasteiger partial charge in [0, 0.05) is 0 Å². The summed E-state index contributed by atoms with van der Waals surface area (Å²) in [5.41, 5.74) is 0. The first-order chi connectivity index (χ1) is 8.09. The summed E-state index contributed by atoms with van der Waals surface area (Å²) < 4.78 is 86.6. The van der Waals surface area contributed by atoms with Crippen molar-refractivity contribution in [2.45, 2.75) is 57.4 Å². The Morgan fingerprint density at radius 1 is 0.722 bits per heavy atom. The van der Waals surface area contributed by atoms with Crippen LogP contribution in [-0.4, -0.2) is 31.2 Å². The lowest BCUT2D eigenvalue weighted by Gasteiger charge is -2.36. The number of halogens is 6. The fourth-order valence-corrected chi connectivity index (χ4v) is 1.37. The highest BCUT2D eigenvalue weighted by molar-refractivity contribution is 4.65. The van der Waals surface area contributed by atoms with E-state index in [2.05, 4.69) is 4.74 Å². The molecule has 0 amide bonds. The van der Waals surface area contributed by atoms with Crippen LogP contribution >= 0.6 is 0 Å². The van der Waals surface area contributed by atoms with E-state index in [4.69, 9.17) is 9.47 Å². The van der Waals surface area contributed by atoms with Crippen molar-refractivity contribution in [2.24, 2.45) is 0 Å².